The van der Waals surface area contributed by atoms with Crippen molar-refractivity contribution in [2.75, 3.05) is 6.54 Å². The van der Waals surface area contributed by atoms with Crippen molar-refractivity contribution in [1.29, 1.82) is 0 Å². The van der Waals surface area contributed by atoms with E-state index in [2.05, 4.69) is 5.32 Å². The van der Waals surface area contributed by atoms with E-state index in [0.29, 0.717) is 12.1 Å². The molecule has 2 aliphatic carbocycles. The summed E-state index contributed by atoms with van der Waals surface area (Å²) in [5.41, 5.74) is 0.240. The normalized spacial score (nSPS) is 41.1. The summed E-state index contributed by atoms with van der Waals surface area (Å²) in [5.74, 6) is 0. The molecule has 1 saturated heterocycles. The van der Waals surface area contributed by atoms with E-state index in [9.17, 15) is 0 Å². The third-order valence-corrected chi connectivity index (χ3v) is 4.31. The topological polar surface area (TPSA) is 21.3 Å². The number of ether oxygens (including phenoxy) is 1. The van der Waals surface area contributed by atoms with Gasteiger partial charge in [-0.1, -0.05) is 19.3 Å². The summed E-state index contributed by atoms with van der Waals surface area (Å²) >= 11 is 0. The molecule has 1 aliphatic heterocycles. The molecule has 14 heavy (non-hydrogen) atoms. The highest BCUT2D eigenvalue weighted by Gasteiger charge is 2.43. The largest absolute Gasteiger partial charge is 0.369 e. The molecule has 2 nitrogen and oxygen atoms in total. The van der Waals surface area contributed by atoms with E-state index in [0.717, 1.165) is 6.54 Å². The minimum absolute atomic E-state index is 0.240. The maximum atomic E-state index is 6.38. The fraction of sp³-hybridized carbons (Fsp3) is 1.00. The van der Waals surface area contributed by atoms with Crippen LogP contribution in [0.2, 0.25) is 0 Å². The lowest BCUT2D eigenvalue weighted by Gasteiger charge is -2.45. The molecule has 0 aromatic heterocycles. The second kappa shape index (κ2) is 3.49. The zero-order chi connectivity index (χ0) is 9.43. The lowest BCUT2D eigenvalue weighted by atomic mass is 9.83. The molecular formula is C12H21NO. The second-order valence-corrected chi connectivity index (χ2v) is 5.32. The Morgan fingerprint density at radius 1 is 1.00 bits per heavy atom. The molecule has 2 unspecified atom stereocenters. The highest BCUT2D eigenvalue weighted by atomic mass is 16.5. The van der Waals surface area contributed by atoms with Crippen LogP contribution in [0.3, 0.4) is 0 Å². The van der Waals surface area contributed by atoms with Gasteiger partial charge in [0.15, 0.2) is 0 Å². The lowest BCUT2D eigenvalue weighted by Crippen LogP contribution is -2.57. The van der Waals surface area contributed by atoms with Crippen molar-refractivity contribution in [2.24, 2.45) is 0 Å². The summed E-state index contributed by atoms with van der Waals surface area (Å²) in [6, 6.07) is 0.683. The van der Waals surface area contributed by atoms with Crippen molar-refractivity contribution in [2.45, 2.75) is 69.1 Å². The Morgan fingerprint density at radius 3 is 2.71 bits per heavy atom. The molecule has 3 aliphatic rings. The van der Waals surface area contributed by atoms with Gasteiger partial charge in [-0.15, -0.1) is 0 Å². The van der Waals surface area contributed by atoms with Crippen LogP contribution >= 0.6 is 0 Å². The Kier molecular flexibility index (Phi) is 2.29. The molecule has 0 radical (unpaired) electrons. The summed E-state index contributed by atoms with van der Waals surface area (Å²) in [6.45, 7) is 1.12. The Morgan fingerprint density at radius 2 is 1.86 bits per heavy atom. The molecule has 80 valence electrons. The highest BCUT2D eigenvalue weighted by molar-refractivity contribution is 4.97. The van der Waals surface area contributed by atoms with Gasteiger partial charge in [-0.3, -0.25) is 0 Å². The number of hydrogen-bond donors (Lipinski definition) is 1. The summed E-state index contributed by atoms with van der Waals surface area (Å²) in [7, 11) is 0. The van der Waals surface area contributed by atoms with Gasteiger partial charge in [0.1, 0.15) is 0 Å². The minimum atomic E-state index is 0.240. The molecule has 2 saturated carbocycles. The SMILES string of the molecule is C1CCC2(CC1)CNC1CCCC1O2. The Balaban J connectivity index is 1.70. The Bertz CT molecular complexity index is 210. The highest BCUT2D eigenvalue weighted by Crippen LogP contribution is 2.38. The number of rotatable bonds is 0. The van der Waals surface area contributed by atoms with Crippen LogP contribution in [0.1, 0.15) is 51.4 Å². The van der Waals surface area contributed by atoms with Gasteiger partial charge in [0.25, 0.3) is 0 Å². The predicted octanol–water partition coefficient (Wildman–Crippen LogP) is 2.23. The van der Waals surface area contributed by atoms with Gasteiger partial charge in [0.2, 0.25) is 0 Å². The van der Waals surface area contributed by atoms with Gasteiger partial charge in [-0.05, 0) is 32.1 Å². The van der Waals surface area contributed by atoms with Gasteiger partial charge < -0.3 is 10.1 Å². The number of hydrogen-bond acceptors (Lipinski definition) is 2. The molecule has 0 amide bonds. The van der Waals surface area contributed by atoms with Crippen LogP contribution in [0.15, 0.2) is 0 Å². The van der Waals surface area contributed by atoms with E-state index in [-0.39, 0.29) is 5.60 Å². The fourth-order valence-electron chi connectivity index (χ4n) is 3.47. The van der Waals surface area contributed by atoms with E-state index < -0.39 is 0 Å². The third-order valence-electron chi connectivity index (χ3n) is 4.31. The van der Waals surface area contributed by atoms with Crippen LogP contribution in [-0.2, 0) is 4.74 Å². The Hall–Kier alpha value is -0.0800. The van der Waals surface area contributed by atoms with Crippen LogP contribution < -0.4 is 5.32 Å². The van der Waals surface area contributed by atoms with E-state index in [1.165, 1.54) is 51.4 Å². The van der Waals surface area contributed by atoms with Gasteiger partial charge in [-0.2, -0.15) is 0 Å². The first-order chi connectivity index (χ1) is 6.88. The van der Waals surface area contributed by atoms with Crippen molar-refractivity contribution >= 4 is 0 Å². The van der Waals surface area contributed by atoms with Crippen LogP contribution in [0.4, 0.5) is 0 Å². The predicted molar refractivity (Wildman–Crippen MR) is 56.3 cm³/mol. The van der Waals surface area contributed by atoms with Crippen molar-refractivity contribution in [1.82, 2.24) is 5.32 Å². The standard InChI is InChI=1S/C12H21NO/c1-2-7-12(8-3-1)9-13-10-5-4-6-11(10)14-12/h10-11,13H,1-9H2. The molecular weight excluding hydrogens is 174 g/mol. The van der Waals surface area contributed by atoms with E-state index in [4.69, 9.17) is 4.74 Å². The minimum Gasteiger partial charge on any atom is -0.369 e. The molecule has 0 aromatic carbocycles. The van der Waals surface area contributed by atoms with Crippen LogP contribution in [-0.4, -0.2) is 24.3 Å². The van der Waals surface area contributed by atoms with Gasteiger partial charge in [0, 0.05) is 12.6 Å². The maximum Gasteiger partial charge on any atom is 0.0810 e. The third kappa shape index (κ3) is 1.49. The van der Waals surface area contributed by atoms with Gasteiger partial charge >= 0.3 is 0 Å². The molecule has 3 rings (SSSR count). The fourth-order valence-corrected chi connectivity index (χ4v) is 3.47. The monoisotopic (exact) mass is 195 g/mol. The van der Waals surface area contributed by atoms with Crippen molar-refractivity contribution < 1.29 is 4.74 Å². The number of morpholine rings is 1. The summed E-state index contributed by atoms with van der Waals surface area (Å²) in [5, 5.41) is 3.72. The first-order valence-electron chi connectivity index (χ1n) is 6.29. The van der Waals surface area contributed by atoms with Crippen molar-refractivity contribution in [3.8, 4) is 0 Å². The van der Waals surface area contributed by atoms with Crippen LogP contribution in [0.5, 0.6) is 0 Å². The zero-order valence-corrected chi connectivity index (χ0v) is 8.93. The van der Waals surface area contributed by atoms with Gasteiger partial charge in [-0.25, -0.2) is 0 Å². The summed E-state index contributed by atoms with van der Waals surface area (Å²) < 4.78 is 6.38. The van der Waals surface area contributed by atoms with E-state index >= 15 is 0 Å². The molecule has 3 fully saturated rings. The van der Waals surface area contributed by atoms with E-state index in [1.807, 2.05) is 0 Å². The summed E-state index contributed by atoms with van der Waals surface area (Å²) in [6.07, 6.45) is 11.3. The smallest absolute Gasteiger partial charge is 0.0810 e. The zero-order valence-electron chi connectivity index (χ0n) is 8.93. The maximum absolute atomic E-state index is 6.38. The van der Waals surface area contributed by atoms with E-state index in [1.54, 1.807) is 0 Å². The van der Waals surface area contributed by atoms with Crippen molar-refractivity contribution in [3.63, 3.8) is 0 Å². The quantitative estimate of drug-likeness (QED) is 0.640. The number of nitrogens with one attached hydrogen (secondary N) is 1. The molecule has 1 spiro atoms. The average molecular weight is 195 g/mol. The first-order valence-corrected chi connectivity index (χ1v) is 6.29. The average Bonchev–Trinajstić information content (AvgIpc) is 2.66. The van der Waals surface area contributed by atoms with Gasteiger partial charge in [0.05, 0.1) is 11.7 Å². The lowest BCUT2D eigenvalue weighted by molar-refractivity contribution is -0.142. The molecule has 0 aromatic rings. The first kappa shape index (κ1) is 9.17. The van der Waals surface area contributed by atoms with Crippen LogP contribution in [0, 0.1) is 0 Å². The molecule has 0 bridgehead atoms. The molecule has 2 atom stereocenters. The number of fused-ring (bicyclic) bond motifs is 1. The van der Waals surface area contributed by atoms with Crippen LogP contribution in [0.25, 0.3) is 0 Å². The second-order valence-electron chi connectivity index (χ2n) is 5.32. The molecule has 1 heterocycles. The Labute approximate surface area is 86.4 Å². The molecule has 1 N–H and O–H groups in total. The van der Waals surface area contributed by atoms with Crippen molar-refractivity contribution in [3.05, 3.63) is 0 Å². The summed E-state index contributed by atoms with van der Waals surface area (Å²) in [4.78, 5) is 0. The molecule has 2 heteroatoms.